The van der Waals surface area contributed by atoms with Gasteiger partial charge in [-0.15, -0.1) is 0 Å². The summed E-state index contributed by atoms with van der Waals surface area (Å²) in [5.74, 6) is 0. The highest BCUT2D eigenvalue weighted by molar-refractivity contribution is 5.40. The zero-order valence-corrected chi connectivity index (χ0v) is 10.3. The summed E-state index contributed by atoms with van der Waals surface area (Å²) < 4.78 is 1.68. The van der Waals surface area contributed by atoms with Gasteiger partial charge in [0.15, 0.2) is 0 Å². The van der Waals surface area contributed by atoms with Crippen LogP contribution in [0.5, 0.6) is 0 Å². The van der Waals surface area contributed by atoms with Crippen LogP contribution in [0.1, 0.15) is 12.5 Å². The second-order valence-electron chi connectivity index (χ2n) is 3.55. The van der Waals surface area contributed by atoms with Crippen LogP contribution in [0.25, 0.3) is 5.69 Å². The van der Waals surface area contributed by atoms with Gasteiger partial charge < -0.3 is 5.11 Å². The fourth-order valence-electron chi connectivity index (χ4n) is 1.28. The lowest BCUT2D eigenvalue weighted by atomic mass is 10.3. The highest BCUT2D eigenvalue weighted by Crippen LogP contribution is 2.14. The van der Waals surface area contributed by atoms with Gasteiger partial charge in [0, 0.05) is 24.9 Å². The van der Waals surface area contributed by atoms with Crippen molar-refractivity contribution < 1.29 is 10.0 Å². The molecule has 0 bridgehead atoms. The Bertz CT molecular complexity index is 506. The zero-order chi connectivity index (χ0) is 13.5. The predicted octanol–water partition coefficient (Wildman–Crippen LogP) is 2.09. The molecule has 6 nitrogen and oxygen atoms in total. The van der Waals surface area contributed by atoms with E-state index in [0.29, 0.717) is 0 Å². The zero-order valence-electron chi connectivity index (χ0n) is 10.3. The van der Waals surface area contributed by atoms with E-state index in [0.717, 1.165) is 11.3 Å². The summed E-state index contributed by atoms with van der Waals surface area (Å²) in [5.41, 5.74) is 1.95. The van der Waals surface area contributed by atoms with Gasteiger partial charge in [0.25, 0.3) is 5.69 Å². The number of aliphatic hydroxyl groups is 1. The lowest BCUT2D eigenvalue weighted by Crippen LogP contribution is -1.94. The molecule has 1 N–H and O–H groups in total. The summed E-state index contributed by atoms with van der Waals surface area (Å²) in [6.07, 6.45) is 3.60. The molecular formula is C12H15N3O3. The molecule has 0 aliphatic carbocycles. The second kappa shape index (κ2) is 6.51. The van der Waals surface area contributed by atoms with Crippen molar-refractivity contribution in [2.45, 2.75) is 13.8 Å². The Kier molecular flexibility index (Phi) is 5.01. The van der Waals surface area contributed by atoms with Crippen LogP contribution >= 0.6 is 0 Å². The van der Waals surface area contributed by atoms with Gasteiger partial charge in [-0.2, -0.15) is 5.10 Å². The van der Waals surface area contributed by atoms with E-state index in [4.69, 9.17) is 5.11 Å². The van der Waals surface area contributed by atoms with Crippen LogP contribution in [0.3, 0.4) is 0 Å². The maximum atomic E-state index is 10.4. The molecule has 0 radical (unpaired) electrons. The highest BCUT2D eigenvalue weighted by atomic mass is 16.6. The standard InChI is InChI=1S/C10H9N3O2.C2H6O/c1-8-6-11-12(7-8)9-2-4-10(5-3-9)13(14)15;1-2-3/h2-7H,1H3;3H,2H2,1H3. The first kappa shape index (κ1) is 13.9. The molecule has 6 heteroatoms. The van der Waals surface area contributed by atoms with E-state index in [2.05, 4.69) is 5.10 Å². The SMILES string of the molecule is CCO.Cc1cnn(-c2ccc([N+](=O)[O-])cc2)c1. The Hall–Kier alpha value is -2.21. The first-order chi connectivity index (χ1) is 8.58. The third-order valence-corrected chi connectivity index (χ3v) is 2.04. The van der Waals surface area contributed by atoms with Crippen molar-refractivity contribution in [1.29, 1.82) is 0 Å². The minimum atomic E-state index is -0.419. The first-order valence-electron chi connectivity index (χ1n) is 5.45. The van der Waals surface area contributed by atoms with Gasteiger partial charge in [-0.25, -0.2) is 4.68 Å². The quantitative estimate of drug-likeness (QED) is 0.652. The normalized spacial score (nSPS) is 9.50. The lowest BCUT2D eigenvalue weighted by Gasteiger charge is -1.99. The number of aliphatic hydroxyl groups excluding tert-OH is 1. The second-order valence-corrected chi connectivity index (χ2v) is 3.55. The van der Waals surface area contributed by atoms with Gasteiger partial charge in [0.05, 0.1) is 16.8 Å². The molecule has 1 heterocycles. The van der Waals surface area contributed by atoms with Gasteiger partial charge in [-0.1, -0.05) is 0 Å². The van der Waals surface area contributed by atoms with Crippen LogP contribution in [0, 0.1) is 17.0 Å². The number of rotatable bonds is 2. The van der Waals surface area contributed by atoms with E-state index >= 15 is 0 Å². The molecule has 1 aromatic heterocycles. The number of benzene rings is 1. The number of non-ortho nitro benzene ring substituents is 1. The number of hydrogen-bond donors (Lipinski definition) is 1. The Labute approximate surface area is 105 Å². The molecule has 2 aromatic rings. The lowest BCUT2D eigenvalue weighted by molar-refractivity contribution is -0.384. The summed E-state index contributed by atoms with van der Waals surface area (Å²) in [6, 6.07) is 6.27. The number of nitrogens with zero attached hydrogens (tertiary/aromatic N) is 3. The molecule has 18 heavy (non-hydrogen) atoms. The smallest absolute Gasteiger partial charge is 0.269 e. The van der Waals surface area contributed by atoms with Crippen molar-refractivity contribution in [3.8, 4) is 5.69 Å². The van der Waals surface area contributed by atoms with Crippen molar-refractivity contribution in [2.75, 3.05) is 6.61 Å². The molecule has 1 aromatic carbocycles. The molecular weight excluding hydrogens is 234 g/mol. The fourth-order valence-corrected chi connectivity index (χ4v) is 1.28. The molecule has 0 spiro atoms. The Morgan fingerprint density at radius 1 is 1.39 bits per heavy atom. The maximum absolute atomic E-state index is 10.4. The van der Waals surface area contributed by atoms with Gasteiger partial charge in [-0.05, 0) is 31.5 Å². The van der Waals surface area contributed by atoms with E-state index in [9.17, 15) is 10.1 Å². The third-order valence-electron chi connectivity index (χ3n) is 2.04. The minimum Gasteiger partial charge on any atom is -0.397 e. The summed E-state index contributed by atoms with van der Waals surface area (Å²) >= 11 is 0. The van der Waals surface area contributed by atoms with Crippen molar-refractivity contribution in [1.82, 2.24) is 9.78 Å². The van der Waals surface area contributed by atoms with E-state index in [1.165, 1.54) is 12.1 Å². The molecule has 0 atom stereocenters. The fraction of sp³-hybridized carbons (Fsp3) is 0.250. The Morgan fingerprint density at radius 2 is 1.94 bits per heavy atom. The summed E-state index contributed by atoms with van der Waals surface area (Å²) in [4.78, 5) is 10.0. The van der Waals surface area contributed by atoms with Crippen molar-refractivity contribution >= 4 is 5.69 Å². The van der Waals surface area contributed by atoms with E-state index in [1.54, 1.807) is 29.9 Å². The first-order valence-corrected chi connectivity index (χ1v) is 5.45. The molecule has 0 amide bonds. The topological polar surface area (TPSA) is 81.2 Å². The maximum Gasteiger partial charge on any atom is 0.269 e. The Balaban J connectivity index is 0.000000492. The average Bonchev–Trinajstić information content (AvgIpc) is 2.77. The van der Waals surface area contributed by atoms with Gasteiger partial charge in [0.2, 0.25) is 0 Å². The van der Waals surface area contributed by atoms with Gasteiger partial charge >= 0.3 is 0 Å². The largest absolute Gasteiger partial charge is 0.397 e. The number of aryl methyl sites for hydroxylation is 1. The van der Waals surface area contributed by atoms with E-state index < -0.39 is 4.92 Å². The van der Waals surface area contributed by atoms with Crippen LogP contribution < -0.4 is 0 Å². The molecule has 0 unspecified atom stereocenters. The monoisotopic (exact) mass is 249 g/mol. The molecule has 0 saturated carbocycles. The number of nitro groups is 1. The number of hydrogen-bond acceptors (Lipinski definition) is 4. The predicted molar refractivity (Wildman–Crippen MR) is 67.7 cm³/mol. The Morgan fingerprint density at radius 3 is 2.33 bits per heavy atom. The van der Waals surface area contributed by atoms with Crippen LogP contribution in [-0.4, -0.2) is 26.4 Å². The molecule has 0 saturated heterocycles. The summed E-state index contributed by atoms with van der Waals surface area (Å²) in [6.45, 7) is 3.87. The molecule has 0 fully saturated rings. The van der Waals surface area contributed by atoms with Crippen molar-refractivity contribution in [3.05, 3.63) is 52.3 Å². The molecule has 0 aliphatic heterocycles. The minimum absolute atomic E-state index is 0.0858. The summed E-state index contributed by atoms with van der Waals surface area (Å²) in [5, 5.41) is 22.1. The van der Waals surface area contributed by atoms with Crippen LogP contribution in [0.2, 0.25) is 0 Å². The number of nitro benzene ring substituents is 1. The van der Waals surface area contributed by atoms with Crippen LogP contribution in [-0.2, 0) is 0 Å². The van der Waals surface area contributed by atoms with Crippen molar-refractivity contribution in [2.24, 2.45) is 0 Å². The van der Waals surface area contributed by atoms with Crippen LogP contribution in [0.4, 0.5) is 5.69 Å². The highest BCUT2D eigenvalue weighted by Gasteiger charge is 2.04. The number of aromatic nitrogens is 2. The molecule has 96 valence electrons. The third kappa shape index (κ3) is 3.67. The van der Waals surface area contributed by atoms with Gasteiger partial charge in [-0.3, -0.25) is 10.1 Å². The van der Waals surface area contributed by atoms with Crippen molar-refractivity contribution in [3.63, 3.8) is 0 Å². The van der Waals surface area contributed by atoms with E-state index in [1.807, 2.05) is 13.1 Å². The van der Waals surface area contributed by atoms with E-state index in [-0.39, 0.29) is 12.3 Å². The summed E-state index contributed by atoms with van der Waals surface area (Å²) in [7, 11) is 0. The van der Waals surface area contributed by atoms with Crippen LogP contribution in [0.15, 0.2) is 36.7 Å². The molecule has 0 aliphatic rings. The van der Waals surface area contributed by atoms with Gasteiger partial charge in [0.1, 0.15) is 0 Å². The average molecular weight is 249 g/mol. The molecule has 2 rings (SSSR count).